The summed E-state index contributed by atoms with van der Waals surface area (Å²) in [4.78, 5) is 14.6. The van der Waals surface area contributed by atoms with Crippen molar-refractivity contribution < 1.29 is 4.79 Å². The van der Waals surface area contributed by atoms with E-state index in [1.165, 1.54) is 38.6 Å². The zero-order valence-electron chi connectivity index (χ0n) is 13.4. The van der Waals surface area contributed by atoms with Gasteiger partial charge in [-0.25, -0.2) is 0 Å². The Labute approximate surface area is 128 Å². The SMILES string of the molecule is CNC1(C(N)=O)CCCC1CCN1CCC2CCCCC21. The van der Waals surface area contributed by atoms with Crippen LogP contribution in [-0.4, -0.2) is 42.5 Å². The molecule has 0 bridgehead atoms. The summed E-state index contributed by atoms with van der Waals surface area (Å²) in [7, 11) is 1.90. The zero-order chi connectivity index (χ0) is 14.9. The van der Waals surface area contributed by atoms with Gasteiger partial charge < -0.3 is 16.0 Å². The average Bonchev–Trinajstić information content (AvgIpc) is 3.09. The number of nitrogens with two attached hydrogens (primary N) is 1. The standard InChI is InChI=1S/C17H31N3O/c1-19-17(16(18)21)10-4-6-14(17)9-12-20-11-8-13-5-2-3-7-15(13)20/h13-15,19H,2-12H2,1H3,(H2,18,21). The molecule has 1 saturated heterocycles. The molecule has 2 aliphatic carbocycles. The van der Waals surface area contributed by atoms with Crippen LogP contribution in [0.2, 0.25) is 0 Å². The summed E-state index contributed by atoms with van der Waals surface area (Å²) in [6, 6.07) is 0.831. The average molecular weight is 293 g/mol. The highest BCUT2D eigenvalue weighted by Crippen LogP contribution is 2.40. The molecule has 3 rings (SSSR count). The number of likely N-dealkylation sites (N-methyl/N-ethyl adjacent to an activating group) is 1. The Hall–Kier alpha value is -0.610. The lowest BCUT2D eigenvalue weighted by Crippen LogP contribution is -2.57. The Morgan fingerprint density at radius 2 is 2.05 bits per heavy atom. The van der Waals surface area contributed by atoms with Crippen LogP contribution in [0.5, 0.6) is 0 Å². The first-order valence-electron chi connectivity index (χ1n) is 8.90. The molecule has 3 N–H and O–H groups in total. The third-order valence-corrected chi connectivity index (χ3v) is 6.60. The number of primary amides is 1. The number of amides is 1. The maximum atomic E-state index is 11.9. The van der Waals surface area contributed by atoms with Gasteiger partial charge in [0.25, 0.3) is 0 Å². The number of likely N-dealkylation sites (tertiary alicyclic amines) is 1. The third kappa shape index (κ3) is 2.72. The first-order chi connectivity index (χ1) is 10.2. The molecule has 0 aromatic carbocycles. The van der Waals surface area contributed by atoms with Crippen molar-refractivity contribution in [2.24, 2.45) is 17.6 Å². The minimum absolute atomic E-state index is 0.149. The highest BCUT2D eigenvalue weighted by molar-refractivity contribution is 5.85. The van der Waals surface area contributed by atoms with E-state index in [-0.39, 0.29) is 5.91 Å². The summed E-state index contributed by atoms with van der Waals surface area (Å²) in [6.07, 6.45) is 11.4. The monoisotopic (exact) mass is 293 g/mol. The van der Waals surface area contributed by atoms with E-state index in [0.29, 0.717) is 5.92 Å². The molecule has 21 heavy (non-hydrogen) atoms. The van der Waals surface area contributed by atoms with Crippen molar-refractivity contribution in [2.45, 2.75) is 69.4 Å². The summed E-state index contributed by atoms with van der Waals surface area (Å²) in [5.74, 6) is 1.22. The maximum absolute atomic E-state index is 11.9. The number of fused-ring (bicyclic) bond motifs is 1. The smallest absolute Gasteiger partial charge is 0.238 e. The Morgan fingerprint density at radius 1 is 1.24 bits per heavy atom. The van der Waals surface area contributed by atoms with Gasteiger partial charge in [0.2, 0.25) is 5.91 Å². The number of nitrogens with zero attached hydrogens (tertiary/aromatic N) is 1. The van der Waals surface area contributed by atoms with Crippen LogP contribution in [0.25, 0.3) is 0 Å². The summed E-state index contributed by atoms with van der Waals surface area (Å²) >= 11 is 0. The van der Waals surface area contributed by atoms with Crippen LogP contribution >= 0.6 is 0 Å². The van der Waals surface area contributed by atoms with Crippen LogP contribution in [-0.2, 0) is 4.79 Å². The second kappa shape index (κ2) is 6.25. The van der Waals surface area contributed by atoms with Gasteiger partial charge in [0.15, 0.2) is 0 Å². The molecule has 4 heteroatoms. The molecule has 0 aromatic rings. The number of carbonyl (C=O) groups excluding carboxylic acids is 1. The van der Waals surface area contributed by atoms with Crippen molar-refractivity contribution in [3.63, 3.8) is 0 Å². The predicted molar refractivity (Wildman–Crippen MR) is 84.9 cm³/mol. The summed E-state index contributed by atoms with van der Waals surface area (Å²) < 4.78 is 0. The molecule has 1 aliphatic heterocycles. The van der Waals surface area contributed by atoms with E-state index in [1.807, 2.05) is 7.05 Å². The van der Waals surface area contributed by atoms with Crippen LogP contribution in [0.3, 0.4) is 0 Å². The van der Waals surface area contributed by atoms with Gasteiger partial charge in [-0.1, -0.05) is 19.3 Å². The van der Waals surface area contributed by atoms with Gasteiger partial charge >= 0.3 is 0 Å². The Bertz CT molecular complexity index is 386. The molecule has 0 spiro atoms. The van der Waals surface area contributed by atoms with Crippen molar-refractivity contribution in [1.29, 1.82) is 0 Å². The lowest BCUT2D eigenvalue weighted by molar-refractivity contribution is -0.125. The van der Waals surface area contributed by atoms with Crippen molar-refractivity contribution in [2.75, 3.05) is 20.1 Å². The first-order valence-corrected chi connectivity index (χ1v) is 8.90. The lowest BCUT2D eigenvalue weighted by Gasteiger charge is -2.35. The molecule has 1 heterocycles. The number of hydrogen-bond donors (Lipinski definition) is 2. The van der Waals surface area contributed by atoms with Crippen LogP contribution in [0.4, 0.5) is 0 Å². The van der Waals surface area contributed by atoms with E-state index in [0.717, 1.165) is 44.2 Å². The second-order valence-electron chi connectivity index (χ2n) is 7.40. The topological polar surface area (TPSA) is 58.4 Å². The molecule has 120 valence electrons. The largest absolute Gasteiger partial charge is 0.368 e. The number of carbonyl (C=O) groups is 1. The summed E-state index contributed by atoms with van der Waals surface area (Å²) in [5, 5.41) is 3.27. The number of hydrogen-bond acceptors (Lipinski definition) is 3. The van der Waals surface area contributed by atoms with E-state index in [2.05, 4.69) is 10.2 Å². The van der Waals surface area contributed by atoms with Gasteiger partial charge in [-0.05, 0) is 70.5 Å². The lowest BCUT2D eigenvalue weighted by atomic mass is 9.83. The fourth-order valence-corrected chi connectivity index (χ4v) is 5.35. The van der Waals surface area contributed by atoms with Crippen molar-refractivity contribution in [3.8, 4) is 0 Å². The Balaban J connectivity index is 1.58. The van der Waals surface area contributed by atoms with Gasteiger partial charge in [0.05, 0.1) is 0 Å². The van der Waals surface area contributed by atoms with Crippen LogP contribution in [0.1, 0.15) is 57.8 Å². The summed E-state index contributed by atoms with van der Waals surface area (Å²) in [6.45, 7) is 2.42. The quantitative estimate of drug-likeness (QED) is 0.814. The van der Waals surface area contributed by atoms with Crippen molar-refractivity contribution in [3.05, 3.63) is 0 Å². The Kier molecular flexibility index (Phi) is 4.55. The highest BCUT2D eigenvalue weighted by Gasteiger charge is 2.46. The van der Waals surface area contributed by atoms with Crippen LogP contribution in [0, 0.1) is 11.8 Å². The minimum Gasteiger partial charge on any atom is -0.368 e. The highest BCUT2D eigenvalue weighted by atomic mass is 16.1. The molecule has 2 saturated carbocycles. The van der Waals surface area contributed by atoms with E-state index >= 15 is 0 Å². The van der Waals surface area contributed by atoms with E-state index in [9.17, 15) is 4.79 Å². The van der Waals surface area contributed by atoms with E-state index in [1.54, 1.807) is 0 Å². The molecule has 4 atom stereocenters. The molecule has 3 fully saturated rings. The van der Waals surface area contributed by atoms with Crippen molar-refractivity contribution >= 4 is 5.91 Å². The zero-order valence-corrected chi connectivity index (χ0v) is 13.4. The molecule has 1 amide bonds. The van der Waals surface area contributed by atoms with Gasteiger partial charge in [-0.15, -0.1) is 0 Å². The fraction of sp³-hybridized carbons (Fsp3) is 0.941. The first kappa shape index (κ1) is 15.3. The molecular formula is C17H31N3O. The molecule has 4 unspecified atom stereocenters. The fourth-order valence-electron chi connectivity index (χ4n) is 5.35. The summed E-state index contributed by atoms with van der Waals surface area (Å²) in [5.41, 5.74) is 5.27. The predicted octanol–water partition coefficient (Wildman–Crippen LogP) is 1.88. The number of nitrogens with one attached hydrogen (secondary N) is 1. The Morgan fingerprint density at radius 3 is 2.81 bits per heavy atom. The molecule has 0 radical (unpaired) electrons. The minimum atomic E-state index is -0.439. The second-order valence-corrected chi connectivity index (χ2v) is 7.40. The normalized spacial score (nSPS) is 40.3. The molecule has 4 nitrogen and oxygen atoms in total. The van der Waals surface area contributed by atoms with Gasteiger partial charge in [-0.2, -0.15) is 0 Å². The molecule has 3 aliphatic rings. The number of rotatable bonds is 5. The van der Waals surface area contributed by atoms with Gasteiger partial charge in [-0.3, -0.25) is 4.79 Å². The van der Waals surface area contributed by atoms with Gasteiger partial charge in [0, 0.05) is 6.04 Å². The third-order valence-electron chi connectivity index (χ3n) is 6.60. The van der Waals surface area contributed by atoms with E-state index in [4.69, 9.17) is 5.73 Å². The van der Waals surface area contributed by atoms with Crippen LogP contribution in [0.15, 0.2) is 0 Å². The van der Waals surface area contributed by atoms with E-state index < -0.39 is 5.54 Å². The van der Waals surface area contributed by atoms with Gasteiger partial charge in [0.1, 0.15) is 5.54 Å². The maximum Gasteiger partial charge on any atom is 0.238 e. The molecule has 0 aromatic heterocycles. The van der Waals surface area contributed by atoms with Crippen molar-refractivity contribution in [1.82, 2.24) is 10.2 Å². The van der Waals surface area contributed by atoms with Crippen LogP contribution < -0.4 is 11.1 Å². The molecular weight excluding hydrogens is 262 g/mol.